The molecule has 0 aromatic heterocycles. The van der Waals surface area contributed by atoms with Crippen LogP contribution in [0.3, 0.4) is 0 Å². The van der Waals surface area contributed by atoms with Crippen LogP contribution in [0, 0.1) is 6.42 Å². The van der Waals surface area contributed by atoms with Gasteiger partial charge in [-0.1, -0.05) is 24.3 Å². The summed E-state index contributed by atoms with van der Waals surface area (Å²) in [5, 5.41) is 0. The molecule has 0 bridgehead atoms. The number of rotatable bonds is 0. The molecule has 36 valence electrons. The standard InChI is InChI=1S/C5H5.FH.Ti/c1-2-4-5-3-1;;/h1-5H;1H;/q;;+1/p-1. The van der Waals surface area contributed by atoms with E-state index >= 15 is 0 Å². The maximum atomic E-state index is 9.50. The predicted octanol–water partition coefficient (Wildman–Crippen LogP) is 1.73. The van der Waals surface area contributed by atoms with Crippen LogP contribution in [0.5, 0.6) is 0 Å². The van der Waals surface area contributed by atoms with Crippen LogP contribution in [0.2, 0.25) is 0 Å². The summed E-state index contributed by atoms with van der Waals surface area (Å²) in [4.78, 5) is 0. The monoisotopic (exact) mass is 132 g/mol. The molecule has 0 saturated heterocycles. The second-order valence-corrected chi connectivity index (χ2v) is 0.962. The van der Waals surface area contributed by atoms with Gasteiger partial charge in [0.25, 0.3) is 0 Å². The minimum atomic E-state index is 0.500. The van der Waals surface area contributed by atoms with E-state index < -0.39 is 0 Å². The van der Waals surface area contributed by atoms with Gasteiger partial charge in [-0.15, -0.1) is 0 Å². The number of hydrogen-bond acceptors (Lipinski definition) is 0. The Hall–Kier alpha value is 0.124. The first-order valence-corrected chi connectivity index (χ1v) is 2.45. The van der Waals surface area contributed by atoms with Crippen molar-refractivity contribution in [3.05, 3.63) is 30.7 Å². The quantitative estimate of drug-likeness (QED) is 0.440. The zero-order chi connectivity index (χ0) is 5.54. The summed E-state index contributed by atoms with van der Waals surface area (Å²) in [6.45, 7) is 0. The van der Waals surface area contributed by atoms with E-state index in [-0.39, 0.29) is 0 Å². The van der Waals surface area contributed by atoms with Crippen molar-refractivity contribution in [1.82, 2.24) is 0 Å². The average Bonchev–Trinajstić information content (AvgIpc) is 2.23. The summed E-state index contributed by atoms with van der Waals surface area (Å²) in [7, 11) is 0. The SMILES string of the molecule is [CH]1C=CC=C1.[F][Ti]. The van der Waals surface area contributed by atoms with Crippen molar-refractivity contribution < 1.29 is 24.1 Å². The average molecular weight is 132 g/mol. The minimum absolute atomic E-state index is 0.500. The summed E-state index contributed by atoms with van der Waals surface area (Å²) < 4.78 is 9.50. The van der Waals surface area contributed by atoms with Crippen LogP contribution in [0.15, 0.2) is 24.3 Å². The van der Waals surface area contributed by atoms with Crippen molar-refractivity contribution in [2.45, 2.75) is 0 Å². The van der Waals surface area contributed by atoms with Gasteiger partial charge in [0.15, 0.2) is 0 Å². The Morgan fingerprint density at radius 3 is 1.43 bits per heavy atom. The topological polar surface area (TPSA) is 0 Å². The van der Waals surface area contributed by atoms with Gasteiger partial charge in [0.1, 0.15) is 0 Å². The zero-order valence-electron chi connectivity index (χ0n) is 3.76. The first-order chi connectivity index (χ1) is 3.50. The van der Waals surface area contributed by atoms with E-state index in [2.05, 4.69) is 0 Å². The van der Waals surface area contributed by atoms with Crippen molar-refractivity contribution in [3.8, 4) is 0 Å². The summed E-state index contributed by atoms with van der Waals surface area (Å²) in [5.74, 6) is 0. The Kier molecular flexibility index (Phi) is 6.23. The van der Waals surface area contributed by atoms with Gasteiger partial charge in [0.05, 0.1) is 0 Å². The van der Waals surface area contributed by atoms with Crippen LogP contribution in [0.4, 0.5) is 3.09 Å². The fraction of sp³-hybridized carbons (Fsp3) is 0. The zero-order valence-corrected chi connectivity index (χ0v) is 5.33. The first kappa shape index (κ1) is 7.12. The Bertz CT molecular complexity index is 66.1. The molecule has 1 radical (unpaired) electrons. The van der Waals surface area contributed by atoms with Crippen molar-refractivity contribution in [3.63, 3.8) is 0 Å². The molecule has 0 nitrogen and oxygen atoms in total. The summed E-state index contributed by atoms with van der Waals surface area (Å²) in [6.07, 6.45) is 10.0. The molecule has 0 aromatic rings. The van der Waals surface area contributed by atoms with Gasteiger partial charge in [-0.25, -0.2) is 0 Å². The normalized spacial score (nSPS) is 13.1. The molecule has 0 spiro atoms. The Morgan fingerprint density at radius 2 is 1.29 bits per heavy atom. The van der Waals surface area contributed by atoms with E-state index in [9.17, 15) is 3.09 Å². The van der Waals surface area contributed by atoms with Gasteiger partial charge < -0.3 is 0 Å². The molecule has 1 aliphatic carbocycles. The molecule has 0 N–H and O–H groups in total. The van der Waals surface area contributed by atoms with Gasteiger partial charge in [0, 0.05) is 6.42 Å². The van der Waals surface area contributed by atoms with Crippen LogP contribution in [-0.2, 0) is 21.0 Å². The molecule has 0 saturated carbocycles. The fourth-order valence-electron chi connectivity index (χ4n) is 0.321. The van der Waals surface area contributed by atoms with Crippen LogP contribution in [0.25, 0.3) is 0 Å². The molecule has 0 heterocycles. The summed E-state index contributed by atoms with van der Waals surface area (Å²) in [6, 6.07) is 0. The third-order valence-corrected chi connectivity index (χ3v) is 0.556. The van der Waals surface area contributed by atoms with Gasteiger partial charge >= 0.3 is 24.1 Å². The molecule has 0 aliphatic heterocycles. The maximum absolute atomic E-state index is 9.50. The van der Waals surface area contributed by atoms with Crippen LogP contribution < -0.4 is 0 Å². The Morgan fingerprint density at radius 1 is 0.857 bits per heavy atom. The van der Waals surface area contributed by atoms with E-state index in [1.165, 1.54) is 0 Å². The van der Waals surface area contributed by atoms with E-state index in [4.69, 9.17) is 0 Å². The molecule has 0 unspecified atom stereocenters. The summed E-state index contributed by atoms with van der Waals surface area (Å²) in [5.41, 5.74) is 0. The number of hydrogen-bond donors (Lipinski definition) is 0. The van der Waals surface area contributed by atoms with Crippen LogP contribution in [-0.4, -0.2) is 0 Å². The van der Waals surface area contributed by atoms with Crippen molar-refractivity contribution >= 4 is 0 Å². The van der Waals surface area contributed by atoms with Crippen molar-refractivity contribution in [2.24, 2.45) is 0 Å². The van der Waals surface area contributed by atoms with Gasteiger partial charge in [0.2, 0.25) is 0 Å². The van der Waals surface area contributed by atoms with E-state index in [0.29, 0.717) is 21.0 Å². The molecule has 7 heavy (non-hydrogen) atoms. The third kappa shape index (κ3) is 3.97. The number of allylic oxidation sites excluding steroid dienone is 4. The molecular formula is C5H5FTi. The fourth-order valence-corrected chi connectivity index (χ4v) is 0.321. The van der Waals surface area contributed by atoms with Crippen molar-refractivity contribution in [1.29, 1.82) is 0 Å². The predicted molar refractivity (Wildman–Crippen MR) is 23.7 cm³/mol. The van der Waals surface area contributed by atoms with Gasteiger partial charge in [-0.3, -0.25) is 0 Å². The van der Waals surface area contributed by atoms with E-state index in [1.54, 1.807) is 0 Å². The third-order valence-electron chi connectivity index (χ3n) is 0.556. The number of halogens is 1. The van der Waals surface area contributed by atoms with Gasteiger partial charge in [-0.05, 0) is 0 Å². The summed E-state index contributed by atoms with van der Waals surface area (Å²) >= 11 is 0.500. The first-order valence-electron chi connectivity index (χ1n) is 1.86. The molecule has 0 atom stereocenters. The molecule has 0 aromatic carbocycles. The second-order valence-electron chi connectivity index (χ2n) is 0.962. The van der Waals surface area contributed by atoms with Crippen molar-refractivity contribution in [2.75, 3.05) is 0 Å². The van der Waals surface area contributed by atoms with E-state index in [0.717, 1.165) is 0 Å². The van der Waals surface area contributed by atoms with Crippen LogP contribution >= 0.6 is 0 Å². The molecular weight excluding hydrogens is 127 g/mol. The van der Waals surface area contributed by atoms with Crippen LogP contribution in [0.1, 0.15) is 0 Å². The van der Waals surface area contributed by atoms with E-state index in [1.807, 2.05) is 30.7 Å². The molecule has 1 aliphatic rings. The molecule has 2 heteroatoms. The molecule has 0 fully saturated rings. The Labute approximate surface area is 55.2 Å². The molecule has 0 amide bonds. The molecule has 1 rings (SSSR count). The van der Waals surface area contributed by atoms with Gasteiger partial charge in [-0.2, -0.15) is 0 Å². The Balaban J connectivity index is 0.000000162. The second kappa shape index (κ2) is 6.12.